The summed E-state index contributed by atoms with van der Waals surface area (Å²) < 4.78 is 9.55. The summed E-state index contributed by atoms with van der Waals surface area (Å²) in [5.41, 5.74) is 1.37. The molecule has 0 aliphatic carbocycles. The standard InChI is InChI=1S/C15H12N4O3S/c1-4-7-19-10-8-9(5-6-11(10)22-15(19)21)12-13(20)17(2)14(23)18(3)16-12/h1,5-6,8H,7H2,2-3H3. The molecule has 1 aromatic carbocycles. The lowest BCUT2D eigenvalue weighted by Gasteiger charge is -2.07. The molecule has 0 fully saturated rings. The molecular weight excluding hydrogens is 316 g/mol. The Balaban J connectivity index is 2.33. The van der Waals surface area contributed by atoms with Gasteiger partial charge in [-0.2, -0.15) is 5.10 Å². The zero-order valence-electron chi connectivity index (χ0n) is 12.4. The molecule has 0 radical (unpaired) electrons. The number of hydrogen-bond acceptors (Lipinski definition) is 5. The topological polar surface area (TPSA) is 75.0 Å². The number of fused-ring (bicyclic) bond motifs is 1. The van der Waals surface area contributed by atoms with Crippen molar-refractivity contribution in [2.24, 2.45) is 14.1 Å². The molecule has 2 heterocycles. The van der Waals surface area contributed by atoms with Crippen LogP contribution in [0, 0.1) is 17.1 Å². The van der Waals surface area contributed by atoms with Crippen LogP contribution >= 0.6 is 12.2 Å². The highest BCUT2D eigenvalue weighted by atomic mass is 32.1. The number of benzene rings is 1. The minimum atomic E-state index is -0.539. The van der Waals surface area contributed by atoms with E-state index in [2.05, 4.69) is 11.0 Å². The molecule has 0 aliphatic heterocycles. The fourth-order valence-electron chi connectivity index (χ4n) is 2.33. The molecule has 116 valence electrons. The van der Waals surface area contributed by atoms with Gasteiger partial charge in [0.1, 0.15) is 0 Å². The van der Waals surface area contributed by atoms with E-state index in [0.29, 0.717) is 21.4 Å². The zero-order valence-corrected chi connectivity index (χ0v) is 13.3. The van der Waals surface area contributed by atoms with Crippen molar-refractivity contribution in [1.29, 1.82) is 0 Å². The molecule has 0 atom stereocenters. The van der Waals surface area contributed by atoms with Gasteiger partial charge in [0.15, 0.2) is 16.0 Å². The summed E-state index contributed by atoms with van der Waals surface area (Å²) in [6, 6.07) is 4.93. The maximum atomic E-state index is 12.4. The lowest BCUT2D eigenvalue weighted by atomic mass is 10.1. The van der Waals surface area contributed by atoms with Crippen molar-refractivity contribution in [3.05, 3.63) is 43.9 Å². The van der Waals surface area contributed by atoms with Gasteiger partial charge in [0.2, 0.25) is 0 Å². The average Bonchev–Trinajstić information content (AvgIpc) is 2.84. The van der Waals surface area contributed by atoms with Gasteiger partial charge >= 0.3 is 5.76 Å². The predicted octanol–water partition coefficient (Wildman–Crippen LogP) is 1.06. The van der Waals surface area contributed by atoms with E-state index < -0.39 is 5.76 Å². The normalized spacial score (nSPS) is 10.8. The van der Waals surface area contributed by atoms with Crippen molar-refractivity contribution in [2.75, 3.05) is 0 Å². The number of aryl methyl sites for hydroxylation is 1. The molecule has 3 aromatic rings. The predicted molar refractivity (Wildman–Crippen MR) is 87.6 cm³/mol. The van der Waals surface area contributed by atoms with Crippen LogP contribution in [0.15, 0.2) is 32.2 Å². The van der Waals surface area contributed by atoms with Gasteiger partial charge in [-0.3, -0.25) is 13.9 Å². The van der Waals surface area contributed by atoms with Crippen LogP contribution < -0.4 is 11.3 Å². The molecule has 23 heavy (non-hydrogen) atoms. The lowest BCUT2D eigenvalue weighted by molar-refractivity contribution is 0.521. The highest BCUT2D eigenvalue weighted by molar-refractivity contribution is 7.71. The molecular formula is C15H12N4O3S. The first-order chi connectivity index (χ1) is 10.9. The van der Waals surface area contributed by atoms with Gasteiger partial charge in [-0.05, 0) is 30.4 Å². The number of terminal acetylenes is 1. The third-order valence-electron chi connectivity index (χ3n) is 3.51. The molecule has 0 aliphatic rings. The Hall–Kier alpha value is -2.92. The van der Waals surface area contributed by atoms with Crippen LogP contribution in [-0.2, 0) is 20.6 Å². The monoisotopic (exact) mass is 328 g/mol. The Morgan fingerprint density at radius 2 is 2.09 bits per heavy atom. The molecule has 3 rings (SSSR count). The summed E-state index contributed by atoms with van der Waals surface area (Å²) in [6.45, 7) is 0.0829. The van der Waals surface area contributed by atoms with Gasteiger partial charge in [-0.15, -0.1) is 6.42 Å². The second-order valence-electron chi connectivity index (χ2n) is 4.96. The second-order valence-corrected chi connectivity index (χ2v) is 5.32. The van der Waals surface area contributed by atoms with Gasteiger partial charge < -0.3 is 4.42 Å². The lowest BCUT2D eigenvalue weighted by Crippen LogP contribution is -2.25. The molecule has 0 spiro atoms. The van der Waals surface area contributed by atoms with Gasteiger partial charge in [0.25, 0.3) is 5.56 Å². The van der Waals surface area contributed by atoms with E-state index in [1.165, 1.54) is 13.8 Å². The Bertz CT molecular complexity index is 1140. The quantitative estimate of drug-likeness (QED) is 0.519. The van der Waals surface area contributed by atoms with Gasteiger partial charge in [0.05, 0.1) is 12.1 Å². The Morgan fingerprint density at radius 1 is 1.35 bits per heavy atom. The van der Waals surface area contributed by atoms with E-state index in [1.54, 1.807) is 32.3 Å². The van der Waals surface area contributed by atoms with Crippen LogP contribution in [0.25, 0.3) is 22.4 Å². The first-order valence-electron chi connectivity index (χ1n) is 6.65. The Kier molecular flexibility index (Phi) is 3.50. The highest BCUT2D eigenvalue weighted by Crippen LogP contribution is 2.20. The first-order valence-corrected chi connectivity index (χ1v) is 7.06. The molecule has 8 heteroatoms. The van der Waals surface area contributed by atoms with Gasteiger partial charge in [-0.1, -0.05) is 5.92 Å². The van der Waals surface area contributed by atoms with Crippen LogP contribution in [0.5, 0.6) is 0 Å². The van der Waals surface area contributed by atoms with Crippen molar-refractivity contribution in [2.45, 2.75) is 6.54 Å². The van der Waals surface area contributed by atoms with E-state index in [9.17, 15) is 9.59 Å². The summed E-state index contributed by atoms with van der Waals surface area (Å²) in [5, 5.41) is 4.21. The van der Waals surface area contributed by atoms with E-state index in [-0.39, 0.29) is 17.8 Å². The molecule has 0 bridgehead atoms. The Morgan fingerprint density at radius 3 is 2.78 bits per heavy atom. The maximum absolute atomic E-state index is 12.4. The van der Waals surface area contributed by atoms with Crippen molar-refractivity contribution in [1.82, 2.24) is 18.9 Å². The third kappa shape index (κ3) is 2.31. The molecule has 0 amide bonds. The molecule has 0 saturated carbocycles. The van der Waals surface area contributed by atoms with E-state index >= 15 is 0 Å². The Labute approximate surface area is 135 Å². The summed E-state index contributed by atoms with van der Waals surface area (Å²) in [5.74, 6) is 1.86. The minimum Gasteiger partial charge on any atom is -0.408 e. The molecule has 0 saturated heterocycles. The van der Waals surface area contributed by atoms with Crippen molar-refractivity contribution in [3.63, 3.8) is 0 Å². The second kappa shape index (κ2) is 5.37. The number of oxazole rings is 1. The fraction of sp³-hybridized carbons (Fsp3) is 0.200. The van der Waals surface area contributed by atoms with Crippen LogP contribution in [0.2, 0.25) is 0 Å². The smallest absolute Gasteiger partial charge is 0.408 e. The molecule has 0 unspecified atom stereocenters. The zero-order chi connectivity index (χ0) is 16.7. The summed E-state index contributed by atoms with van der Waals surface area (Å²) in [4.78, 5) is 24.2. The molecule has 0 N–H and O–H groups in total. The summed E-state index contributed by atoms with van der Waals surface area (Å²) >= 11 is 5.11. The maximum Gasteiger partial charge on any atom is 0.420 e. The van der Waals surface area contributed by atoms with Crippen molar-refractivity contribution >= 4 is 23.3 Å². The minimum absolute atomic E-state index is 0.0829. The van der Waals surface area contributed by atoms with E-state index in [1.807, 2.05) is 0 Å². The average molecular weight is 328 g/mol. The highest BCUT2D eigenvalue weighted by Gasteiger charge is 2.14. The number of rotatable bonds is 2. The number of hydrogen-bond donors (Lipinski definition) is 0. The van der Waals surface area contributed by atoms with Crippen LogP contribution in [-0.4, -0.2) is 18.9 Å². The van der Waals surface area contributed by atoms with Crippen molar-refractivity contribution < 1.29 is 4.42 Å². The molecule has 2 aromatic heterocycles. The SMILES string of the molecule is C#CCn1c(=O)oc2ccc(-c3nn(C)c(=S)n(C)c3=O)cc21. The van der Waals surface area contributed by atoms with E-state index in [0.717, 1.165) is 0 Å². The molecule has 7 nitrogen and oxygen atoms in total. The van der Waals surface area contributed by atoms with Gasteiger partial charge in [-0.25, -0.2) is 9.48 Å². The number of aromatic nitrogens is 4. The van der Waals surface area contributed by atoms with Gasteiger partial charge in [0, 0.05) is 19.7 Å². The fourth-order valence-corrected chi connectivity index (χ4v) is 2.45. The number of nitrogens with zero attached hydrogens (tertiary/aromatic N) is 4. The summed E-state index contributed by atoms with van der Waals surface area (Å²) in [6.07, 6.45) is 5.28. The first kappa shape index (κ1) is 15.0. The largest absolute Gasteiger partial charge is 0.420 e. The third-order valence-corrected chi connectivity index (χ3v) is 4.05. The van der Waals surface area contributed by atoms with Crippen LogP contribution in [0.3, 0.4) is 0 Å². The van der Waals surface area contributed by atoms with Crippen LogP contribution in [0.1, 0.15) is 0 Å². The van der Waals surface area contributed by atoms with E-state index in [4.69, 9.17) is 23.1 Å². The van der Waals surface area contributed by atoms with Crippen molar-refractivity contribution in [3.8, 4) is 23.6 Å². The van der Waals surface area contributed by atoms with Crippen LogP contribution in [0.4, 0.5) is 0 Å². The summed E-state index contributed by atoms with van der Waals surface area (Å²) in [7, 11) is 3.25.